The molecule has 0 saturated heterocycles. The van der Waals surface area contributed by atoms with Gasteiger partial charge in [0.2, 0.25) is 15.6 Å². The van der Waals surface area contributed by atoms with E-state index in [1.807, 2.05) is 4.72 Å². The molecule has 1 atom stereocenters. The lowest BCUT2D eigenvalue weighted by Crippen LogP contribution is -2.43. The van der Waals surface area contributed by atoms with E-state index in [0.29, 0.717) is 0 Å². The molecule has 2 rings (SSSR count). The maximum atomic E-state index is 13.4. The van der Waals surface area contributed by atoms with Crippen molar-refractivity contribution in [3.05, 3.63) is 52.0 Å². The van der Waals surface area contributed by atoms with Gasteiger partial charge in [0.1, 0.15) is 17.2 Å². The van der Waals surface area contributed by atoms with E-state index in [1.165, 1.54) is 13.0 Å². The number of anilines is 1. The molecular weight excluding hydrogens is 419 g/mol. The standard InChI is InChI=1S/C16H18F3N3O6S/c1-10-3-6-14(28-10)15(23,16(17,18)19)7-8-21-12-5-4-11(29(26,27)20-2)9-13(12)22(24)25/h3-6,9,20-21,23H,7-8H2,1-2H3. The van der Waals surface area contributed by atoms with E-state index in [4.69, 9.17) is 4.42 Å². The normalized spacial score (nSPS) is 14.4. The minimum atomic E-state index is -5.06. The molecule has 2 aromatic rings. The molecule has 0 aliphatic heterocycles. The number of alkyl halides is 3. The summed E-state index contributed by atoms with van der Waals surface area (Å²) < 4.78 is 70.8. The molecule has 1 heterocycles. The molecule has 0 bridgehead atoms. The fraction of sp³-hybridized carbons (Fsp3) is 0.375. The van der Waals surface area contributed by atoms with Gasteiger partial charge < -0.3 is 14.8 Å². The predicted octanol–water partition coefficient (Wildman–Crippen LogP) is 2.66. The summed E-state index contributed by atoms with van der Waals surface area (Å²) in [5.41, 5.74) is -4.16. The molecule has 0 aliphatic carbocycles. The molecule has 13 heteroatoms. The number of benzene rings is 1. The zero-order chi connectivity index (χ0) is 22.0. The van der Waals surface area contributed by atoms with E-state index in [2.05, 4.69) is 5.32 Å². The second kappa shape index (κ2) is 8.00. The largest absolute Gasteiger partial charge is 0.463 e. The third-order valence-electron chi connectivity index (χ3n) is 4.16. The summed E-state index contributed by atoms with van der Waals surface area (Å²) in [6.07, 6.45) is -5.97. The molecule has 0 radical (unpaired) electrons. The van der Waals surface area contributed by atoms with Crippen LogP contribution in [0.2, 0.25) is 0 Å². The predicted molar refractivity (Wildman–Crippen MR) is 95.8 cm³/mol. The quantitative estimate of drug-likeness (QED) is 0.427. The number of aliphatic hydroxyl groups is 1. The van der Waals surface area contributed by atoms with Crippen molar-refractivity contribution in [2.45, 2.75) is 30.0 Å². The Morgan fingerprint density at radius 3 is 2.38 bits per heavy atom. The Balaban J connectivity index is 2.27. The SMILES string of the molecule is CNS(=O)(=O)c1ccc(NCCC(O)(c2ccc(C)o2)C(F)(F)F)c([N+](=O)[O-])c1. The molecule has 160 valence electrons. The van der Waals surface area contributed by atoms with E-state index in [-0.39, 0.29) is 16.3 Å². The van der Waals surface area contributed by atoms with Gasteiger partial charge in [-0.3, -0.25) is 10.1 Å². The molecule has 1 aromatic heterocycles. The van der Waals surface area contributed by atoms with Crippen molar-refractivity contribution >= 4 is 21.4 Å². The van der Waals surface area contributed by atoms with Crippen LogP contribution >= 0.6 is 0 Å². The first-order valence-electron chi connectivity index (χ1n) is 8.13. The number of nitrogens with one attached hydrogen (secondary N) is 2. The van der Waals surface area contributed by atoms with Gasteiger partial charge in [-0.2, -0.15) is 13.2 Å². The molecule has 0 spiro atoms. The lowest BCUT2D eigenvalue weighted by atomic mass is 9.95. The van der Waals surface area contributed by atoms with Gasteiger partial charge in [-0.05, 0) is 38.2 Å². The van der Waals surface area contributed by atoms with Gasteiger partial charge >= 0.3 is 6.18 Å². The van der Waals surface area contributed by atoms with Crippen molar-refractivity contribution in [1.82, 2.24) is 4.72 Å². The van der Waals surface area contributed by atoms with Crippen molar-refractivity contribution in [2.75, 3.05) is 18.9 Å². The van der Waals surface area contributed by atoms with Crippen LogP contribution in [0.1, 0.15) is 17.9 Å². The summed E-state index contributed by atoms with van der Waals surface area (Å²) in [5, 5.41) is 23.9. The fourth-order valence-corrected chi connectivity index (χ4v) is 3.29. The van der Waals surface area contributed by atoms with Gasteiger partial charge in [0.15, 0.2) is 0 Å². The molecule has 3 N–H and O–H groups in total. The summed E-state index contributed by atoms with van der Waals surface area (Å²) in [6, 6.07) is 5.17. The number of sulfonamides is 1. The lowest BCUT2D eigenvalue weighted by Gasteiger charge is -2.28. The van der Waals surface area contributed by atoms with E-state index < -0.39 is 51.1 Å². The van der Waals surface area contributed by atoms with Gasteiger partial charge in [0, 0.05) is 19.0 Å². The van der Waals surface area contributed by atoms with E-state index in [1.54, 1.807) is 0 Å². The molecule has 0 fully saturated rings. The van der Waals surface area contributed by atoms with E-state index in [0.717, 1.165) is 31.3 Å². The number of aryl methyl sites for hydroxylation is 1. The Morgan fingerprint density at radius 2 is 1.90 bits per heavy atom. The van der Waals surface area contributed by atoms with Crippen LogP contribution in [-0.2, 0) is 15.6 Å². The van der Waals surface area contributed by atoms with E-state index >= 15 is 0 Å². The monoisotopic (exact) mass is 437 g/mol. The molecule has 0 aliphatic rings. The first kappa shape index (κ1) is 22.6. The molecule has 0 saturated carbocycles. The minimum Gasteiger partial charge on any atom is -0.463 e. The van der Waals surface area contributed by atoms with Crippen molar-refractivity contribution in [2.24, 2.45) is 0 Å². The van der Waals surface area contributed by atoms with Gasteiger partial charge in [0.05, 0.1) is 9.82 Å². The number of rotatable bonds is 8. The smallest absolute Gasteiger partial charge is 0.424 e. The topological polar surface area (TPSA) is 135 Å². The number of nitrogens with zero attached hydrogens (tertiary/aromatic N) is 1. The van der Waals surface area contributed by atoms with Gasteiger partial charge in [-0.25, -0.2) is 13.1 Å². The highest BCUT2D eigenvalue weighted by Gasteiger charge is 2.56. The number of furan rings is 1. The molecule has 29 heavy (non-hydrogen) atoms. The minimum absolute atomic E-state index is 0.174. The Bertz CT molecular complexity index is 1010. The third kappa shape index (κ3) is 4.68. The number of nitro groups is 1. The van der Waals surface area contributed by atoms with E-state index in [9.17, 15) is 36.8 Å². The van der Waals surface area contributed by atoms with Crippen molar-refractivity contribution in [3.8, 4) is 0 Å². The van der Waals surface area contributed by atoms with Crippen molar-refractivity contribution in [3.63, 3.8) is 0 Å². The van der Waals surface area contributed by atoms with Crippen LogP contribution in [-0.4, -0.2) is 38.2 Å². The maximum absolute atomic E-state index is 13.4. The average Bonchev–Trinajstić information content (AvgIpc) is 3.07. The summed E-state index contributed by atoms with van der Waals surface area (Å²) >= 11 is 0. The highest BCUT2D eigenvalue weighted by atomic mass is 32.2. The second-order valence-corrected chi connectivity index (χ2v) is 7.98. The number of hydrogen-bond donors (Lipinski definition) is 3. The first-order chi connectivity index (χ1) is 13.3. The summed E-state index contributed by atoms with van der Waals surface area (Å²) in [5.74, 6) is -0.526. The van der Waals surface area contributed by atoms with Gasteiger partial charge in [-0.1, -0.05) is 0 Å². The van der Waals surface area contributed by atoms with Crippen LogP contribution in [0.3, 0.4) is 0 Å². The molecule has 0 amide bonds. The molecule has 1 aromatic carbocycles. The Hall–Kier alpha value is -2.64. The third-order valence-corrected chi connectivity index (χ3v) is 5.58. The summed E-state index contributed by atoms with van der Waals surface area (Å²) in [4.78, 5) is 9.99. The van der Waals surface area contributed by atoms with Crippen LogP contribution in [0.25, 0.3) is 0 Å². The van der Waals surface area contributed by atoms with Crippen LogP contribution < -0.4 is 10.0 Å². The number of halogens is 3. The summed E-state index contributed by atoms with van der Waals surface area (Å²) in [7, 11) is -2.82. The maximum Gasteiger partial charge on any atom is 0.424 e. The van der Waals surface area contributed by atoms with Crippen LogP contribution in [0.15, 0.2) is 39.6 Å². The van der Waals surface area contributed by atoms with Crippen LogP contribution in [0.5, 0.6) is 0 Å². The first-order valence-corrected chi connectivity index (χ1v) is 9.62. The number of nitro benzene ring substituents is 1. The lowest BCUT2D eigenvalue weighted by molar-refractivity contribution is -0.384. The van der Waals surface area contributed by atoms with Crippen molar-refractivity contribution < 1.29 is 36.0 Å². The highest BCUT2D eigenvalue weighted by Crippen LogP contribution is 2.42. The summed E-state index contributed by atoms with van der Waals surface area (Å²) in [6.45, 7) is 0.900. The van der Waals surface area contributed by atoms with Gasteiger partial charge in [0.25, 0.3) is 5.69 Å². The average molecular weight is 437 g/mol. The molecular formula is C16H18F3N3O6S. The number of hydrogen-bond acceptors (Lipinski definition) is 7. The van der Waals surface area contributed by atoms with Crippen LogP contribution in [0, 0.1) is 17.0 Å². The molecule has 1 unspecified atom stereocenters. The highest BCUT2D eigenvalue weighted by molar-refractivity contribution is 7.89. The zero-order valence-electron chi connectivity index (χ0n) is 15.3. The Labute approximate surface area is 163 Å². The fourth-order valence-electron chi connectivity index (χ4n) is 2.54. The van der Waals surface area contributed by atoms with Crippen molar-refractivity contribution in [1.29, 1.82) is 0 Å². The zero-order valence-corrected chi connectivity index (χ0v) is 16.1. The Kier molecular flexibility index (Phi) is 6.25. The molecule has 9 nitrogen and oxygen atoms in total. The van der Waals surface area contributed by atoms with Gasteiger partial charge in [-0.15, -0.1) is 0 Å². The second-order valence-electron chi connectivity index (χ2n) is 6.09. The Morgan fingerprint density at radius 1 is 1.24 bits per heavy atom. The van der Waals surface area contributed by atoms with Crippen LogP contribution in [0.4, 0.5) is 24.5 Å².